The van der Waals surface area contributed by atoms with Crippen LogP contribution in [0.3, 0.4) is 0 Å². The molecule has 7 heteroatoms. The third kappa shape index (κ3) is 5.57. The molecule has 3 rings (SSSR count). The van der Waals surface area contributed by atoms with Crippen molar-refractivity contribution in [1.29, 1.82) is 0 Å². The summed E-state index contributed by atoms with van der Waals surface area (Å²) in [6, 6.07) is 6.07. The number of hydrogen-bond donors (Lipinski definition) is 2. The maximum absolute atomic E-state index is 13.7. The molecule has 1 unspecified atom stereocenters. The van der Waals surface area contributed by atoms with Gasteiger partial charge >= 0.3 is 0 Å². The predicted octanol–water partition coefficient (Wildman–Crippen LogP) is 3.74. The summed E-state index contributed by atoms with van der Waals surface area (Å²) in [7, 11) is 0. The van der Waals surface area contributed by atoms with Crippen molar-refractivity contribution < 1.29 is 14.4 Å². The quantitative estimate of drug-likeness (QED) is 0.485. The number of hydrogen-bond acceptors (Lipinski definition) is 4. The normalized spacial score (nSPS) is 19.1. The number of amides is 3. The number of nitrogens with two attached hydrogens (primary N) is 1. The smallest absolute Gasteiger partial charge is 0.272 e. The molecule has 34 heavy (non-hydrogen) atoms. The van der Waals surface area contributed by atoms with Crippen LogP contribution < -0.4 is 16.0 Å². The molecule has 2 aliphatic rings. The Hall–Kier alpha value is -2.96. The van der Waals surface area contributed by atoms with E-state index in [4.69, 9.17) is 10.7 Å². The summed E-state index contributed by atoms with van der Waals surface area (Å²) in [4.78, 5) is 46.0. The van der Waals surface area contributed by atoms with Crippen molar-refractivity contribution in [3.8, 4) is 0 Å². The second-order valence-electron chi connectivity index (χ2n) is 9.76. The van der Waals surface area contributed by atoms with Gasteiger partial charge in [-0.1, -0.05) is 45.4 Å². The number of anilines is 1. The first kappa shape index (κ1) is 25.7. The number of allylic oxidation sites excluding steroid dienone is 1. The van der Waals surface area contributed by atoms with Crippen molar-refractivity contribution in [2.75, 3.05) is 11.4 Å². The van der Waals surface area contributed by atoms with Crippen LogP contribution in [0.1, 0.15) is 70.4 Å². The Kier molecular flexibility index (Phi) is 8.64. The van der Waals surface area contributed by atoms with Gasteiger partial charge in [0.15, 0.2) is 0 Å². The Morgan fingerprint density at radius 2 is 2.06 bits per heavy atom. The van der Waals surface area contributed by atoms with E-state index in [0.717, 1.165) is 49.1 Å². The number of aliphatic imine (C=N–C) groups is 1. The zero-order valence-corrected chi connectivity index (χ0v) is 20.7. The lowest BCUT2D eigenvalue weighted by Crippen LogP contribution is -2.51. The summed E-state index contributed by atoms with van der Waals surface area (Å²) in [5, 5.41) is 2.90. The minimum atomic E-state index is -1.02. The van der Waals surface area contributed by atoms with Crippen LogP contribution in [-0.2, 0) is 20.8 Å². The number of rotatable bonds is 11. The van der Waals surface area contributed by atoms with Gasteiger partial charge in [-0.2, -0.15) is 0 Å². The average Bonchev–Trinajstić information content (AvgIpc) is 2.90. The SMILES string of the molecule is C=CC[C@H](C(N)=O)[C@@H](CC(C)C)C(=O)NC1N=C2CCCc3cccc(c32)N(CCCC)C1=O. The minimum absolute atomic E-state index is 0.171. The molecule has 3 atom stereocenters. The molecule has 1 aliphatic heterocycles. The van der Waals surface area contributed by atoms with Gasteiger partial charge in [-0.05, 0) is 56.1 Å². The lowest BCUT2D eigenvalue weighted by atomic mass is 9.82. The molecule has 1 heterocycles. The third-order valence-corrected chi connectivity index (χ3v) is 6.70. The van der Waals surface area contributed by atoms with E-state index < -0.39 is 23.9 Å². The molecule has 1 aromatic carbocycles. The monoisotopic (exact) mass is 466 g/mol. The zero-order valence-electron chi connectivity index (χ0n) is 20.7. The Morgan fingerprint density at radius 1 is 1.29 bits per heavy atom. The maximum Gasteiger partial charge on any atom is 0.272 e. The van der Waals surface area contributed by atoms with E-state index >= 15 is 0 Å². The molecule has 184 valence electrons. The van der Waals surface area contributed by atoms with Gasteiger partial charge in [0.05, 0.1) is 17.5 Å². The van der Waals surface area contributed by atoms with E-state index in [1.54, 1.807) is 11.0 Å². The first-order valence-corrected chi connectivity index (χ1v) is 12.5. The van der Waals surface area contributed by atoms with Gasteiger partial charge in [0, 0.05) is 17.8 Å². The maximum atomic E-state index is 13.7. The van der Waals surface area contributed by atoms with Crippen molar-refractivity contribution in [3.05, 3.63) is 42.0 Å². The Balaban J connectivity index is 1.98. The van der Waals surface area contributed by atoms with Gasteiger partial charge in [0.2, 0.25) is 18.0 Å². The number of nitrogens with one attached hydrogen (secondary N) is 1. The second-order valence-corrected chi connectivity index (χ2v) is 9.76. The fourth-order valence-corrected chi connectivity index (χ4v) is 5.03. The Bertz CT molecular complexity index is 969. The van der Waals surface area contributed by atoms with Crippen LogP contribution in [-0.4, -0.2) is 36.1 Å². The number of aryl methyl sites for hydroxylation is 1. The molecule has 0 fully saturated rings. The number of nitrogens with zero attached hydrogens (tertiary/aromatic N) is 2. The van der Waals surface area contributed by atoms with Gasteiger partial charge in [-0.25, -0.2) is 0 Å². The van der Waals surface area contributed by atoms with Crippen LogP contribution in [0.25, 0.3) is 0 Å². The van der Waals surface area contributed by atoms with Crippen LogP contribution in [0.15, 0.2) is 35.8 Å². The van der Waals surface area contributed by atoms with Crippen molar-refractivity contribution in [2.45, 2.75) is 71.9 Å². The number of carbonyl (C=O) groups is 3. The highest BCUT2D eigenvalue weighted by Gasteiger charge is 2.38. The van der Waals surface area contributed by atoms with E-state index in [1.165, 1.54) is 5.56 Å². The lowest BCUT2D eigenvalue weighted by Gasteiger charge is -2.29. The number of carbonyl (C=O) groups excluding carboxylic acids is 3. The molecule has 7 nitrogen and oxygen atoms in total. The van der Waals surface area contributed by atoms with E-state index in [1.807, 2.05) is 26.0 Å². The summed E-state index contributed by atoms with van der Waals surface area (Å²) in [5.74, 6) is -2.29. The Morgan fingerprint density at radius 3 is 2.71 bits per heavy atom. The largest absolute Gasteiger partial charge is 0.369 e. The van der Waals surface area contributed by atoms with Crippen LogP contribution in [0.5, 0.6) is 0 Å². The predicted molar refractivity (Wildman–Crippen MR) is 136 cm³/mol. The highest BCUT2D eigenvalue weighted by Crippen LogP contribution is 2.34. The van der Waals surface area contributed by atoms with E-state index in [2.05, 4.69) is 24.9 Å². The van der Waals surface area contributed by atoms with Crippen molar-refractivity contribution in [1.82, 2.24) is 5.32 Å². The molecule has 3 amide bonds. The van der Waals surface area contributed by atoms with Crippen LogP contribution in [0.4, 0.5) is 5.69 Å². The minimum Gasteiger partial charge on any atom is -0.369 e. The third-order valence-electron chi connectivity index (χ3n) is 6.70. The molecule has 0 bridgehead atoms. The fourth-order valence-electron chi connectivity index (χ4n) is 5.03. The lowest BCUT2D eigenvalue weighted by molar-refractivity contribution is -0.135. The van der Waals surface area contributed by atoms with Gasteiger partial charge in [0.25, 0.3) is 5.91 Å². The highest BCUT2D eigenvalue weighted by atomic mass is 16.2. The molecule has 0 spiro atoms. The first-order chi connectivity index (χ1) is 16.3. The molecule has 0 saturated carbocycles. The standard InChI is InChI=1S/C27H38N4O3/c1-5-7-15-31-22-14-9-12-18-11-8-13-21(23(18)22)29-25(27(31)34)30-26(33)20(16-17(3)4)19(10-6-2)24(28)32/h6,9,12,14,17,19-20,25H,2,5,7-8,10-11,13,15-16H2,1,3-4H3,(H2,28,32)(H,30,33)/t19-,20+,25?/m0/s1. The number of benzene rings is 1. The summed E-state index contributed by atoms with van der Waals surface area (Å²) in [6.07, 6.45) is 5.85. The first-order valence-electron chi connectivity index (χ1n) is 12.5. The molecule has 3 N–H and O–H groups in total. The topological polar surface area (TPSA) is 105 Å². The Labute approximate surface area is 202 Å². The van der Waals surface area contributed by atoms with Gasteiger partial charge < -0.3 is 16.0 Å². The second kappa shape index (κ2) is 11.4. The van der Waals surface area contributed by atoms with E-state index in [-0.39, 0.29) is 17.7 Å². The van der Waals surface area contributed by atoms with Crippen molar-refractivity contribution in [2.24, 2.45) is 28.5 Å². The molecule has 1 aromatic rings. The molecule has 0 aromatic heterocycles. The molecule has 0 saturated heterocycles. The zero-order chi connectivity index (χ0) is 24.8. The van der Waals surface area contributed by atoms with Crippen LogP contribution in [0, 0.1) is 17.8 Å². The van der Waals surface area contributed by atoms with Gasteiger partial charge in [-0.15, -0.1) is 6.58 Å². The van der Waals surface area contributed by atoms with Crippen LogP contribution in [0.2, 0.25) is 0 Å². The number of unbranched alkanes of at least 4 members (excludes halogenated alkanes) is 1. The summed E-state index contributed by atoms with van der Waals surface area (Å²) >= 11 is 0. The van der Waals surface area contributed by atoms with Crippen molar-refractivity contribution in [3.63, 3.8) is 0 Å². The molecular weight excluding hydrogens is 428 g/mol. The summed E-state index contributed by atoms with van der Waals surface area (Å²) < 4.78 is 0. The van der Waals surface area contributed by atoms with E-state index in [9.17, 15) is 14.4 Å². The van der Waals surface area contributed by atoms with E-state index in [0.29, 0.717) is 19.4 Å². The van der Waals surface area contributed by atoms with Crippen molar-refractivity contribution >= 4 is 29.1 Å². The molecule has 0 radical (unpaired) electrons. The van der Waals surface area contributed by atoms with Crippen LogP contribution >= 0.6 is 0 Å². The number of primary amides is 1. The fraction of sp³-hybridized carbons (Fsp3) is 0.556. The highest BCUT2D eigenvalue weighted by molar-refractivity contribution is 6.14. The molecular formula is C27H38N4O3. The van der Waals surface area contributed by atoms with Gasteiger partial charge in [0.1, 0.15) is 0 Å². The van der Waals surface area contributed by atoms with Gasteiger partial charge in [-0.3, -0.25) is 19.4 Å². The average molecular weight is 467 g/mol. The molecule has 1 aliphatic carbocycles. The summed E-state index contributed by atoms with van der Waals surface area (Å²) in [6.45, 7) is 10.4. The summed E-state index contributed by atoms with van der Waals surface area (Å²) in [5.41, 5.74) is 9.64.